The zero-order chi connectivity index (χ0) is 28.9. The maximum atomic E-state index is 12.8. The summed E-state index contributed by atoms with van der Waals surface area (Å²) in [6, 6.07) is 11.6. The summed E-state index contributed by atoms with van der Waals surface area (Å²) < 4.78 is 11.4. The Morgan fingerprint density at radius 1 is 1.02 bits per heavy atom. The molecule has 1 amide bonds. The predicted octanol–water partition coefficient (Wildman–Crippen LogP) is 7.27. The molecule has 218 valence electrons. The highest BCUT2D eigenvalue weighted by molar-refractivity contribution is 8.14. The Kier molecular flexibility index (Phi) is 10.5. The lowest BCUT2D eigenvalue weighted by molar-refractivity contribution is -0.120. The van der Waals surface area contributed by atoms with Crippen molar-refractivity contribution >= 4 is 57.5 Å². The smallest absolute Gasteiger partial charge is 0.369 e. The van der Waals surface area contributed by atoms with Gasteiger partial charge in [-0.15, -0.1) is 0 Å². The van der Waals surface area contributed by atoms with Crippen LogP contribution in [0.5, 0.6) is 5.75 Å². The Morgan fingerprint density at radius 2 is 1.77 bits per heavy atom. The fourth-order valence-electron chi connectivity index (χ4n) is 5.01. The Labute approximate surface area is 252 Å². The van der Waals surface area contributed by atoms with Crippen LogP contribution in [0, 0.1) is 0 Å². The number of amides is 1. The van der Waals surface area contributed by atoms with E-state index in [9.17, 15) is 9.59 Å². The van der Waals surface area contributed by atoms with Gasteiger partial charge in [0.25, 0.3) is 0 Å². The molecular weight excluding hydrogens is 569 g/mol. The molecule has 0 N–H and O–H groups in total. The molecule has 1 fully saturated rings. The summed E-state index contributed by atoms with van der Waals surface area (Å²) in [6.45, 7) is 13.0. The molecule has 0 saturated carbocycles. The average Bonchev–Trinajstić information content (AvgIpc) is 2.89. The van der Waals surface area contributed by atoms with E-state index < -0.39 is 6.23 Å². The number of unbranched alkanes of at least 4 members (excludes halogenated alkanes) is 1. The van der Waals surface area contributed by atoms with Crippen LogP contribution < -0.4 is 14.5 Å². The van der Waals surface area contributed by atoms with Crippen LogP contribution in [-0.4, -0.2) is 66.4 Å². The van der Waals surface area contributed by atoms with Crippen molar-refractivity contribution < 1.29 is 19.1 Å². The molecule has 0 radical (unpaired) electrons. The van der Waals surface area contributed by atoms with Gasteiger partial charge >= 0.3 is 5.30 Å². The van der Waals surface area contributed by atoms with Crippen molar-refractivity contribution in [2.75, 3.05) is 49.1 Å². The van der Waals surface area contributed by atoms with Crippen LogP contribution in [0.2, 0.25) is 10.0 Å². The highest BCUT2D eigenvalue weighted by atomic mass is 35.5. The van der Waals surface area contributed by atoms with E-state index in [4.69, 9.17) is 32.7 Å². The van der Waals surface area contributed by atoms with Crippen LogP contribution in [0.15, 0.2) is 36.4 Å². The number of nitrogens with zero attached hydrogens (tertiary/aromatic N) is 3. The molecule has 0 aromatic heterocycles. The normalized spacial score (nSPS) is 17.0. The topological polar surface area (TPSA) is 62.3 Å². The highest BCUT2D eigenvalue weighted by Gasteiger charge is 2.31. The largest absolute Gasteiger partial charge is 0.494 e. The van der Waals surface area contributed by atoms with Gasteiger partial charge in [-0.05, 0) is 68.3 Å². The second-order valence-corrected chi connectivity index (χ2v) is 13.7. The third-order valence-corrected chi connectivity index (χ3v) is 8.68. The Hall–Kier alpha value is -2.13. The molecule has 0 bridgehead atoms. The third-order valence-electron chi connectivity index (χ3n) is 6.99. The fraction of sp³-hybridized carbons (Fsp3) is 0.533. The molecule has 1 unspecified atom stereocenters. The first-order chi connectivity index (χ1) is 19.0. The maximum absolute atomic E-state index is 12.8. The summed E-state index contributed by atoms with van der Waals surface area (Å²) in [4.78, 5) is 31.6. The summed E-state index contributed by atoms with van der Waals surface area (Å²) in [7, 11) is 0. The van der Waals surface area contributed by atoms with Crippen molar-refractivity contribution in [1.29, 1.82) is 0 Å². The summed E-state index contributed by atoms with van der Waals surface area (Å²) >= 11 is 13.7. The standard InChI is InChI=1S/C30H39Cl2N3O4S/c1-21(39-29(37)40-30(2,3)4)35-26-20-23(12-10-22(26)11-13-27(35)36)38-19-6-5-14-33-15-17-34(18-16-33)25-9-7-8-24(31)28(25)32/h7-10,12,20-21H,5-6,11,13-19H2,1-4H3. The van der Waals surface area contributed by atoms with Gasteiger partial charge in [0.1, 0.15) is 5.75 Å². The first kappa shape index (κ1) is 30.8. The van der Waals surface area contributed by atoms with E-state index in [1.807, 2.05) is 57.2 Å². The van der Waals surface area contributed by atoms with E-state index in [1.54, 1.807) is 11.8 Å². The van der Waals surface area contributed by atoms with Gasteiger partial charge in [0.15, 0.2) is 6.23 Å². The van der Waals surface area contributed by atoms with Crippen LogP contribution in [0.1, 0.15) is 52.5 Å². The maximum Gasteiger partial charge on any atom is 0.369 e. The van der Waals surface area contributed by atoms with Crippen LogP contribution in [0.4, 0.5) is 16.2 Å². The van der Waals surface area contributed by atoms with Gasteiger partial charge in [0.2, 0.25) is 5.91 Å². The van der Waals surface area contributed by atoms with Gasteiger partial charge in [-0.25, -0.2) is 4.79 Å². The first-order valence-electron chi connectivity index (χ1n) is 13.9. The van der Waals surface area contributed by atoms with E-state index in [0.717, 1.165) is 74.3 Å². The quantitative estimate of drug-likeness (QED) is 0.219. The van der Waals surface area contributed by atoms with E-state index in [-0.39, 0.29) is 16.0 Å². The molecule has 1 atom stereocenters. The van der Waals surface area contributed by atoms with Gasteiger partial charge in [-0.1, -0.05) is 56.1 Å². The molecule has 40 heavy (non-hydrogen) atoms. The molecule has 2 aliphatic rings. The van der Waals surface area contributed by atoms with Gasteiger partial charge in [-0.3, -0.25) is 14.6 Å². The van der Waals surface area contributed by atoms with Crippen molar-refractivity contribution in [1.82, 2.24) is 4.90 Å². The number of halogens is 2. The number of anilines is 2. The van der Waals surface area contributed by atoms with E-state index in [1.165, 1.54) is 0 Å². The lowest BCUT2D eigenvalue weighted by Crippen LogP contribution is -2.46. The molecule has 0 spiro atoms. The number of rotatable bonds is 9. The second kappa shape index (κ2) is 13.7. The molecule has 7 nitrogen and oxygen atoms in total. The molecule has 2 aliphatic heterocycles. The predicted molar refractivity (Wildman–Crippen MR) is 165 cm³/mol. The molecule has 1 saturated heterocycles. The van der Waals surface area contributed by atoms with Crippen molar-refractivity contribution in [3.05, 3.63) is 52.0 Å². The first-order valence-corrected chi connectivity index (χ1v) is 15.5. The third kappa shape index (κ3) is 8.21. The SMILES string of the molecule is CC(OC(=O)SC(C)(C)C)N1C(=O)CCc2ccc(OCCCCN3CCN(c4cccc(Cl)c4Cl)CC3)cc21. The molecule has 2 aromatic carbocycles. The number of hydrogen-bond donors (Lipinski definition) is 0. The number of piperazine rings is 1. The van der Waals surface area contributed by atoms with Crippen molar-refractivity contribution in [3.8, 4) is 5.75 Å². The lowest BCUT2D eigenvalue weighted by Gasteiger charge is -2.36. The number of thioether (sulfide) groups is 1. The number of fused-ring (bicyclic) bond motifs is 1. The van der Waals surface area contributed by atoms with E-state index in [2.05, 4.69) is 9.80 Å². The zero-order valence-corrected chi connectivity index (χ0v) is 26.1. The summed E-state index contributed by atoms with van der Waals surface area (Å²) in [5, 5.41) is 0.828. The second-order valence-electron chi connectivity index (χ2n) is 11.2. The summed E-state index contributed by atoms with van der Waals surface area (Å²) in [5.41, 5.74) is 2.81. The molecule has 2 aromatic rings. The van der Waals surface area contributed by atoms with Crippen LogP contribution in [-0.2, 0) is 16.0 Å². The van der Waals surface area contributed by atoms with E-state index >= 15 is 0 Å². The fourth-order valence-corrected chi connectivity index (χ4v) is 6.11. The minimum Gasteiger partial charge on any atom is -0.494 e. The monoisotopic (exact) mass is 607 g/mol. The van der Waals surface area contributed by atoms with Gasteiger partial charge in [0.05, 0.1) is 28.0 Å². The number of carbonyl (C=O) groups is 2. The van der Waals surface area contributed by atoms with Crippen LogP contribution in [0.25, 0.3) is 0 Å². The number of aryl methyl sites for hydroxylation is 1. The minimum atomic E-state index is -0.695. The molecular formula is C30H39Cl2N3O4S. The number of benzene rings is 2. The Morgan fingerprint density at radius 3 is 2.50 bits per heavy atom. The van der Waals surface area contributed by atoms with Crippen molar-refractivity contribution in [3.63, 3.8) is 0 Å². The molecule has 10 heteroatoms. The molecule has 4 rings (SSSR count). The summed E-state index contributed by atoms with van der Waals surface area (Å²) in [6.07, 6.45) is 2.32. The lowest BCUT2D eigenvalue weighted by atomic mass is 10.0. The van der Waals surface area contributed by atoms with Crippen molar-refractivity contribution in [2.24, 2.45) is 0 Å². The van der Waals surface area contributed by atoms with Crippen molar-refractivity contribution in [2.45, 2.75) is 64.4 Å². The number of carbonyl (C=O) groups excluding carboxylic acids is 2. The molecule has 2 heterocycles. The van der Waals surface area contributed by atoms with Crippen LogP contribution in [0.3, 0.4) is 0 Å². The highest BCUT2D eigenvalue weighted by Crippen LogP contribution is 2.35. The van der Waals surface area contributed by atoms with Gasteiger partial charge in [0, 0.05) is 43.4 Å². The number of ether oxygens (including phenoxy) is 2. The minimum absolute atomic E-state index is 0.0524. The number of hydrogen-bond acceptors (Lipinski definition) is 7. The van der Waals surface area contributed by atoms with Crippen LogP contribution >= 0.6 is 35.0 Å². The zero-order valence-electron chi connectivity index (χ0n) is 23.8. The Bertz CT molecular complexity index is 1200. The van der Waals surface area contributed by atoms with E-state index in [0.29, 0.717) is 35.2 Å². The van der Waals surface area contributed by atoms with Gasteiger partial charge in [-0.2, -0.15) is 0 Å². The van der Waals surface area contributed by atoms with Gasteiger partial charge < -0.3 is 14.4 Å². The Balaban J connectivity index is 1.23. The molecule has 0 aliphatic carbocycles. The average molecular weight is 609 g/mol. The summed E-state index contributed by atoms with van der Waals surface area (Å²) in [5.74, 6) is 0.663.